The Bertz CT molecular complexity index is 1030. The Hall–Kier alpha value is -3.35. The molecule has 1 fully saturated rings. The summed E-state index contributed by atoms with van der Waals surface area (Å²) >= 11 is 0. The van der Waals surface area contributed by atoms with E-state index in [9.17, 15) is 14.4 Å². The summed E-state index contributed by atoms with van der Waals surface area (Å²) in [7, 11) is 0. The molecular formula is C26H30N2O5. The van der Waals surface area contributed by atoms with Crippen molar-refractivity contribution in [3.05, 3.63) is 59.7 Å². The van der Waals surface area contributed by atoms with Crippen LogP contribution in [0.25, 0.3) is 11.1 Å². The van der Waals surface area contributed by atoms with Gasteiger partial charge in [0.2, 0.25) is 5.91 Å². The number of carbonyl (C=O) groups is 3. The number of ether oxygens (including phenoxy) is 1. The zero-order chi connectivity index (χ0) is 23.6. The van der Waals surface area contributed by atoms with Crippen LogP contribution < -0.4 is 10.6 Å². The minimum absolute atomic E-state index is 0.00842. The fraction of sp³-hybridized carbons (Fsp3) is 0.423. The third kappa shape index (κ3) is 5.35. The van der Waals surface area contributed by atoms with E-state index in [0.717, 1.165) is 11.1 Å². The maximum atomic E-state index is 12.4. The van der Waals surface area contributed by atoms with Gasteiger partial charge in [0.25, 0.3) is 0 Å². The number of benzene rings is 2. The molecule has 0 unspecified atom stereocenters. The number of carbonyl (C=O) groups excluding carboxylic acids is 2. The lowest BCUT2D eigenvalue weighted by molar-refractivity contribution is -0.138. The van der Waals surface area contributed by atoms with Gasteiger partial charge in [0.05, 0.1) is 12.0 Å². The highest BCUT2D eigenvalue weighted by atomic mass is 16.5. The first-order valence-electron chi connectivity index (χ1n) is 11.3. The molecule has 174 valence electrons. The molecule has 3 N–H and O–H groups in total. The fourth-order valence-corrected chi connectivity index (χ4v) is 4.58. The van der Waals surface area contributed by atoms with Crippen LogP contribution in [0.15, 0.2) is 48.5 Å². The Morgan fingerprint density at radius 3 is 2.15 bits per heavy atom. The number of rotatable bonds is 9. The van der Waals surface area contributed by atoms with Gasteiger partial charge >= 0.3 is 12.1 Å². The molecule has 2 amide bonds. The fourth-order valence-electron chi connectivity index (χ4n) is 4.58. The van der Waals surface area contributed by atoms with E-state index in [1.807, 2.05) is 38.1 Å². The minimum atomic E-state index is -0.913. The van der Waals surface area contributed by atoms with Gasteiger partial charge in [-0.05, 0) is 40.5 Å². The average molecular weight is 451 g/mol. The van der Waals surface area contributed by atoms with E-state index in [1.165, 1.54) is 11.1 Å². The molecule has 2 aliphatic carbocycles. The summed E-state index contributed by atoms with van der Waals surface area (Å²) < 4.78 is 5.56. The van der Waals surface area contributed by atoms with Crippen molar-refractivity contribution >= 4 is 18.0 Å². The minimum Gasteiger partial charge on any atom is -0.481 e. The van der Waals surface area contributed by atoms with Crippen LogP contribution in [0.5, 0.6) is 0 Å². The Kier molecular flexibility index (Phi) is 6.15. The number of carboxylic acid groups (broad SMARTS) is 1. The standard InChI is InChI=1S/C26H30N2O5/c1-25(2,13-22(29)28-26(11-12-26)14-23(30)31)16-27-24(32)33-15-21-19-9-5-3-7-17(19)18-8-4-6-10-20(18)21/h3-10,21H,11-16H2,1-2H3,(H,27,32)(H,28,29)(H,30,31). The van der Waals surface area contributed by atoms with Gasteiger partial charge in [-0.2, -0.15) is 0 Å². The smallest absolute Gasteiger partial charge is 0.407 e. The second-order valence-corrected chi connectivity index (χ2v) is 9.92. The van der Waals surface area contributed by atoms with Crippen molar-refractivity contribution in [3.63, 3.8) is 0 Å². The van der Waals surface area contributed by atoms with E-state index in [2.05, 4.69) is 34.9 Å². The van der Waals surface area contributed by atoms with Crippen LogP contribution in [0, 0.1) is 5.41 Å². The van der Waals surface area contributed by atoms with E-state index in [4.69, 9.17) is 9.84 Å². The highest BCUT2D eigenvalue weighted by molar-refractivity contribution is 5.80. The van der Waals surface area contributed by atoms with Gasteiger partial charge in [-0.25, -0.2) is 4.79 Å². The molecule has 0 saturated heterocycles. The Balaban J connectivity index is 1.27. The van der Waals surface area contributed by atoms with Gasteiger partial charge < -0.3 is 20.5 Å². The number of aliphatic carboxylic acids is 1. The summed E-state index contributed by atoms with van der Waals surface area (Å²) in [5, 5.41) is 14.6. The normalized spacial score (nSPS) is 15.8. The number of alkyl carbamates (subject to hydrolysis) is 1. The van der Waals surface area contributed by atoms with Gasteiger partial charge in [0.15, 0.2) is 0 Å². The molecule has 0 aliphatic heterocycles. The zero-order valence-corrected chi connectivity index (χ0v) is 19.0. The monoisotopic (exact) mass is 450 g/mol. The molecule has 0 radical (unpaired) electrons. The molecule has 2 aromatic carbocycles. The van der Waals surface area contributed by atoms with Crippen molar-refractivity contribution in [1.29, 1.82) is 0 Å². The van der Waals surface area contributed by atoms with Crippen LogP contribution in [0.2, 0.25) is 0 Å². The molecule has 0 heterocycles. The maximum Gasteiger partial charge on any atom is 0.407 e. The molecular weight excluding hydrogens is 420 g/mol. The van der Waals surface area contributed by atoms with E-state index in [0.29, 0.717) is 12.8 Å². The molecule has 7 nitrogen and oxygen atoms in total. The number of hydrogen-bond donors (Lipinski definition) is 3. The third-order valence-electron chi connectivity index (χ3n) is 6.44. The van der Waals surface area contributed by atoms with Crippen LogP contribution in [-0.4, -0.2) is 41.8 Å². The second-order valence-electron chi connectivity index (χ2n) is 9.92. The predicted octanol–water partition coefficient (Wildman–Crippen LogP) is 4.06. The molecule has 0 bridgehead atoms. The Morgan fingerprint density at radius 2 is 1.61 bits per heavy atom. The number of hydrogen-bond acceptors (Lipinski definition) is 4. The lowest BCUT2D eigenvalue weighted by Gasteiger charge is -2.26. The van der Waals surface area contributed by atoms with E-state index >= 15 is 0 Å². The van der Waals surface area contributed by atoms with Crippen LogP contribution >= 0.6 is 0 Å². The molecule has 2 aromatic rings. The van der Waals surface area contributed by atoms with Gasteiger partial charge in [-0.3, -0.25) is 9.59 Å². The van der Waals surface area contributed by atoms with Crippen molar-refractivity contribution < 1.29 is 24.2 Å². The van der Waals surface area contributed by atoms with Crippen molar-refractivity contribution in [3.8, 4) is 11.1 Å². The van der Waals surface area contributed by atoms with Gasteiger partial charge in [0.1, 0.15) is 6.61 Å². The summed E-state index contributed by atoms with van der Waals surface area (Å²) in [4.78, 5) is 35.8. The van der Waals surface area contributed by atoms with Gasteiger partial charge in [-0.15, -0.1) is 0 Å². The third-order valence-corrected chi connectivity index (χ3v) is 6.44. The van der Waals surface area contributed by atoms with E-state index in [-0.39, 0.29) is 37.8 Å². The maximum absolute atomic E-state index is 12.4. The average Bonchev–Trinajstić information content (AvgIpc) is 3.41. The number of nitrogens with one attached hydrogen (secondary N) is 2. The first kappa shape index (κ1) is 22.8. The van der Waals surface area contributed by atoms with Gasteiger partial charge in [0, 0.05) is 18.9 Å². The molecule has 2 aliphatic rings. The second kappa shape index (κ2) is 8.89. The summed E-state index contributed by atoms with van der Waals surface area (Å²) in [6.45, 7) is 4.27. The van der Waals surface area contributed by atoms with Crippen molar-refractivity contribution in [2.24, 2.45) is 5.41 Å². The Labute approximate surface area is 193 Å². The highest BCUT2D eigenvalue weighted by Crippen LogP contribution is 2.44. The zero-order valence-electron chi connectivity index (χ0n) is 19.0. The topological polar surface area (TPSA) is 105 Å². The number of carboxylic acids is 1. The van der Waals surface area contributed by atoms with Crippen molar-refractivity contribution in [1.82, 2.24) is 10.6 Å². The molecule has 33 heavy (non-hydrogen) atoms. The molecule has 0 aromatic heterocycles. The van der Waals surface area contributed by atoms with E-state index < -0.39 is 23.0 Å². The van der Waals surface area contributed by atoms with Crippen molar-refractivity contribution in [2.45, 2.75) is 51.0 Å². The number of amides is 2. The first-order chi connectivity index (χ1) is 15.7. The summed E-state index contributed by atoms with van der Waals surface area (Å²) in [6.07, 6.45) is 0.970. The summed E-state index contributed by atoms with van der Waals surface area (Å²) in [5.41, 5.74) is 3.54. The first-order valence-corrected chi connectivity index (χ1v) is 11.3. The molecule has 1 saturated carbocycles. The Morgan fingerprint density at radius 1 is 1.03 bits per heavy atom. The number of fused-ring (bicyclic) bond motifs is 3. The molecule has 4 rings (SSSR count). The van der Waals surface area contributed by atoms with Crippen LogP contribution in [-0.2, 0) is 14.3 Å². The predicted molar refractivity (Wildman–Crippen MR) is 124 cm³/mol. The summed E-state index contributed by atoms with van der Waals surface area (Å²) in [6, 6.07) is 16.3. The van der Waals surface area contributed by atoms with Crippen LogP contribution in [0.1, 0.15) is 56.6 Å². The highest BCUT2D eigenvalue weighted by Gasteiger charge is 2.46. The largest absolute Gasteiger partial charge is 0.481 e. The molecule has 0 atom stereocenters. The lowest BCUT2D eigenvalue weighted by Crippen LogP contribution is -2.43. The lowest BCUT2D eigenvalue weighted by atomic mass is 9.88. The van der Waals surface area contributed by atoms with Crippen LogP contribution in [0.3, 0.4) is 0 Å². The molecule has 7 heteroatoms. The van der Waals surface area contributed by atoms with Gasteiger partial charge in [-0.1, -0.05) is 62.4 Å². The van der Waals surface area contributed by atoms with E-state index in [1.54, 1.807) is 0 Å². The quantitative estimate of drug-likeness (QED) is 0.534. The SMILES string of the molecule is CC(C)(CNC(=O)OCC1c2ccccc2-c2ccccc21)CC(=O)NC1(CC(=O)O)CC1. The summed E-state index contributed by atoms with van der Waals surface area (Å²) in [5.74, 6) is -1.12. The van der Waals surface area contributed by atoms with Crippen molar-refractivity contribution in [2.75, 3.05) is 13.2 Å². The van der Waals surface area contributed by atoms with Crippen LogP contribution in [0.4, 0.5) is 4.79 Å². The molecule has 0 spiro atoms.